The monoisotopic (exact) mass is 238 g/mol. The summed E-state index contributed by atoms with van der Waals surface area (Å²) in [6.45, 7) is 1.89. The summed E-state index contributed by atoms with van der Waals surface area (Å²) in [6.07, 6.45) is 0. The molecule has 0 spiro atoms. The molecule has 2 aromatic rings. The minimum absolute atomic E-state index is 0.342. The molecule has 0 saturated heterocycles. The molecule has 1 heterocycles. The van der Waals surface area contributed by atoms with Gasteiger partial charge in [0.2, 0.25) is 0 Å². The molecule has 0 saturated carbocycles. The molecule has 0 N–H and O–H groups in total. The fourth-order valence-corrected chi connectivity index (χ4v) is 1.83. The second-order valence-corrected chi connectivity index (χ2v) is 3.94. The van der Waals surface area contributed by atoms with E-state index in [0.29, 0.717) is 10.6 Å². The van der Waals surface area contributed by atoms with Crippen molar-refractivity contribution in [2.75, 3.05) is 7.11 Å². The Morgan fingerprint density at radius 2 is 2.19 bits per heavy atom. The third-order valence-corrected chi connectivity index (χ3v) is 2.91. The van der Waals surface area contributed by atoms with E-state index in [1.165, 1.54) is 7.11 Å². The zero-order chi connectivity index (χ0) is 11.9. The molecule has 0 unspecified atom stereocenters. The number of nitrogens with zero attached hydrogens (tertiary/aromatic N) is 2. The van der Waals surface area contributed by atoms with Crippen molar-refractivity contribution in [3.63, 3.8) is 0 Å². The van der Waals surface area contributed by atoms with Gasteiger partial charge in [-0.15, -0.1) is 0 Å². The lowest BCUT2D eigenvalue weighted by Crippen LogP contribution is -2.02. The fraction of sp³-hybridized carbons (Fsp3) is 0.273. The van der Waals surface area contributed by atoms with Crippen LogP contribution in [0.4, 0.5) is 0 Å². The molecule has 0 aliphatic heterocycles. The van der Waals surface area contributed by atoms with Crippen LogP contribution >= 0.6 is 11.6 Å². The van der Waals surface area contributed by atoms with E-state index in [0.717, 1.165) is 16.9 Å². The van der Waals surface area contributed by atoms with E-state index >= 15 is 0 Å². The predicted molar refractivity (Wildman–Crippen MR) is 61.8 cm³/mol. The largest absolute Gasteiger partial charge is 0.465 e. The van der Waals surface area contributed by atoms with Crippen LogP contribution in [0, 0.1) is 6.92 Å². The van der Waals surface area contributed by atoms with Crippen molar-refractivity contribution >= 4 is 28.6 Å². The van der Waals surface area contributed by atoms with Gasteiger partial charge >= 0.3 is 5.97 Å². The van der Waals surface area contributed by atoms with E-state index in [1.807, 2.05) is 18.5 Å². The molecule has 0 aliphatic carbocycles. The van der Waals surface area contributed by atoms with Crippen LogP contribution in [-0.4, -0.2) is 22.6 Å². The Morgan fingerprint density at radius 1 is 1.50 bits per heavy atom. The molecule has 0 aliphatic rings. The highest BCUT2D eigenvalue weighted by Gasteiger charge is 2.14. The number of halogens is 1. The number of imidazole rings is 1. The highest BCUT2D eigenvalue weighted by Crippen LogP contribution is 2.24. The first-order valence-electron chi connectivity index (χ1n) is 4.75. The summed E-state index contributed by atoms with van der Waals surface area (Å²) in [5.41, 5.74) is 1.98. The van der Waals surface area contributed by atoms with Crippen molar-refractivity contribution in [2.24, 2.45) is 7.05 Å². The van der Waals surface area contributed by atoms with Crippen molar-refractivity contribution in [3.8, 4) is 0 Å². The average molecular weight is 239 g/mol. The SMILES string of the molecule is COC(=O)c1cc2nc(C)n(C)c2cc1Cl. The number of aromatic nitrogens is 2. The van der Waals surface area contributed by atoms with Gasteiger partial charge in [0.1, 0.15) is 5.82 Å². The van der Waals surface area contributed by atoms with Crippen LogP contribution in [0.2, 0.25) is 5.02 Å². The van der Waals surface area contributed by atoms with Gasteiger partial charge in [-0.2, -0.15) is 0 Å². The Bertz CT molecular complexity index is 575. The number of rotatable bonds is 1. The predicted octanol–water partition coefficient (Wildman–Crippen LogP) is 2.32. The van der Waals surface area contributed by atoms with E-state index in [9.17, 15) is 4.79 Å². The second-order valence-electron chi connectivity index (χ2n) is 3.53. The molecule has 4 nitrogen and oxygen atoms in total. The van der Waals surface area contributed by atoms with Crippen LogP contribution < -0.4 is 0 Å². The molecule has 84 valence electrons. The van der Waals surface area contributed by atoms with Crippen LogP contribution in [0.3, 0.4) is 0 Å². The molecule has 1 aromatic carbocycles. The highest BCUT2D eigenvalue weighted by molar-refractivity contribution is 6.34. The zero-order valence-electron chi connectivity index (χ0n) is 9.24. The molecule has 16 heavy (non-hydrogen) atoms. The fourth-order valence-electron chi connectivity index (χ4n) is 1.60. The first-order valence-corrected chi connectivity index (χ1v) is 5.13. The smallest absolute Gasteiger partial charge is 0.339 e. The van der Waals surface area contributed by atoms with E-state index in [2.05, 4.69) is 9.72 Å². The third kappa shape index (κ3) is 1.55. The first-order chi connectivity index (χ1) is 7.54. The lowest BCUT2D eigenvalue weighted by atomic mass is 10.2. The van der Waals surface area contributed by atoms with Crippen molar-refractivity contribution < 1.29 is 9.53 Å². The van der Waals surface area contributed by atoms with Crippen molar-refractivity contribution in [3.05, 3.63) is 28.5 Å². The molecule has 0 fully saturated rings. The highest BCUT2D eigenvalue weighted by atomic mass is 35.5. The number of methoxy groups -OCH3 is 1. The maximum atomic E-state index is 11.4. The van der Waals surface area contributed by atoms with Gasteiger partial charge < -0.3 is 9.30 Å². The second kappa shape index (κ2) is 3.79. The number of ether oxygens (including phenoxy) is 1. The Morgan fingerprint density at radius 3 is 2.81 bits per heavy atom. The minimum Gasteiger partial charge on any atom is -0.465 e. The molecule has 0 bridgehead atoms. The number of carbonyl (C=O) groups excluding carboxylic acids is 1. The summed E-state index contributed by atoms with van der Waals surface area (Å²) in [5.74, 6) is 0.420. The topological polar surface area (TPSA) is 44.1 Å². The lowest BCUT2D eigenvalue weighted by Gasteiger charge is -2.02. The number of hydrogen-bond acceptors (Lipinski definition) is 3. The molecule has 1 aromatic heterocycles. The lowest BCUT2D eigenvalue weighted by molar-refractivity contribution is 0.0601. The molecular weight excluding hydrogens is 228 g/mol. The number of benzene rings is 1. The van der Waals surface area contributed by atoms with Gasteiger partial charge in [0.05, 0.1) is 28.7 Å². The van der Waals surface area contributed by atoms with Gasteiger partial charge in [0.15, 0.2) is 0 Å². The molecule has 5 heteroatoms. The molecule has 0 atom stereocenters. The molecular formula is C11H11ClN2O2. The van der Waals surface area contributed by atoms with Crippen molar-refractivity contribution in [1.29, 1.82) is 0 Å². The summed E-state index contributed by atoms with van der Waals surface area (Å²) in [7, 11) is 3.23. The molecule has 2 rings (SSSR count). The summed E-state index contributed by atoms with van der Waals surface area (Å²) >= 11 is 6.02. The van der Waals surface area contributed by atoms with Crippen LogP contribution in [0.25, 0.3) is 11.0 Å². The quantitative estimate of drug-likeness (QED) is 0.717. The summed E-state index contributed by atoms with van der Waals surface area (Å²) in [4.78, 5) is 15.8. The van der Waals surface area contributed by atoms with Gasteiger partial charge in [0.25, 0.3) is 0 Å². The van der Waals surface area contributed by atoms with E-state index in [4.69, 9.17) is 11.6 Å². The van der Waals surface area contributed by atoms with Crippen LogP contribution in [0.5, 0.6) is 0 Å². The van der Waals surface area contributed by atoms with E-state index in [-0.39, 0.29) is 0 Å². The number of aryl methyl sites for hydroxylation is 2. The standard InChI is InChI=1S/C11H11ClN2O2/c1-6-13-9-4-7(11(15)16-3)8(12)5-10(9)14(6)2/h4-5H,1-3H3. The van der Waals surface area contributed by atoms with Gasteiger partial charge in [-0.1, -0.05) is 11.6 Å². The molecule has 0 amide bonds. The maximum absolute atomic E-state index is 11.4. The average Bonchev–Trinajstić information content (AvgIpc) is 2.53. The van der Waals surface area contributed by atoms with E-state index in [1.54, 1.807) is 12.1 Å². The number of carbonyl (C=O) groups is 1. The maximum Gasteiger partial charge on any atom is 0.339 e. The van der Waals surface area contributed by atoms with Gasteiger partial charge in [0, 0.05) is 7.05 Å². The number of esters is 1. The van der Waals surface area contributed by atoms with Gasteiger partial charge in [-0.25, -0.2) is 9.78 Å². The number of fused-ring (bicyclic) bond motifs is 1. The Balaban J connectivity index is 2.72. The first kappa shape index (κ1) is 11.0. The minimum atomic E-state index is -0.449. The van der Waals surface area contributed by atoms with Crippen molar-refractivity contribution in [1.82, 2.24) is 9.55 Å². The molecule has 0 radical (unpaired) electrons. The Hall–Kier alpha value is -1.55. The van der Waals surface area contributed by atoms with Crippen molar-refractivity contribution in [2.45, 2.75) is 6.92 Å². The van der Waals surface area contributed by atoms with Gasteiger partial charge in [-0.05, 0) is 19.1 Å². The summed E-state index contributed by atoms with van der Waals surface area (Å²) < 4.78 is 6.56. The van der Waals surface area contributed by atoms with Gasteiger partial charge in [-0.3, -0.25) is 0 Å². The zero-order valence-corrected chi connectivity index (χ0v) is 10.00. The summed E-state index contributed by atoms with van der Waals surface area (Å²) in [6, 6.07) is 3.37. The van der Waals surface area contributed by atoms with E-state index < -0.39 is 5.97 Å². The normalized spacial score (nSPS) is 10.8. The van der Waals surface area contributed by atoms with Crippen LogP contribution in [-0.2, 0) is 11.8 Å². The summed E-state index contributed by atoms with van der Waals surface area (Å²) in [5, 5.41) is 0.377. The Labute approximate surface area is 97.8 Å². The van der Waals surface area contributed by atoms with Crippen LogP contribution in [0.1, 0.15) is 16.2 Å². The third-order valence-electron chi connectivity index (χ3n) is 2.60. The number of hydrogen-bond donors (Lipinski definition) is 0. The van der Waals surface area contributed by atoms with Crippen LogP contribution in [0.15, 0.2) is 12.1 Å². The Kier molecular flexibility index (Phi) is 2.59.